The fourth-order valence-electron chi connectivity index (χ4n) is 3.09. The summed E-state index contributed by atoms with van der Waals surface area (Å²) < 4.78 is 18.9. The van der Waals surface area contributed by atoms with Gasteiger partial charge in [-0.1, -0.05) is 60.7 Å². The summed E-state index contributed by atoms with van der Waals surface area (Å²) in [4.78, 5) is 0. The molecule has 0 amide bonds. The van der Waals surface area contributed by atoms with Crippen LogP contribution in [-0.4, -0.2) is 10.4 Å². The Morgan fingerprint density at radius 2 is 1.00 bits per heavy atom. The molecule has 4 aromatic carbocycles. The number of phenols is 1. The second-order valence-electron chi connectivity index (χ2n) is 7.69. The Hall–Kier alpha value is -3.49. The average Bonchev–Trinajstić information content (AvgIpc) is 2.81. The standard InChI is InChI=1S/C27H25O4P/c1-27(2,29-24-19-15-22(16-20-24)21-13-17-23(28)18-14-21)32(30-25-9-5-3-6-10-25)31-26-11-7-4-8-12-26/h3-20,28H,1-2H3. The first-order chi connectivity index (χ1) is 15.5. The van der Waals surface area contributed by atoms with E-state index in [1.807, 2.05) is 111 Å². The third-order valence-electron chi connectivity index (χ3n) is 4.73. The van der Waals surface area contributed by atoms with Crippen LogP contribution in [0.4, 0.5) is 0 Å². The van der Waals surface area contributed by atoms with Gasteiger partial charge in [0, 0.05) is 0 Å². The van der Waals surface area contributed by atoms with E-state index in [-0.39, 0.29) is 5.75 Å². The molecule has 4 rings (SSSR count). The Kier molecular flexibility index (Phi) is 6.63. The normalized spacial score (nSPS) is 11.2. The topological polar surface area (TPSA) is 47.9 Å². The van der Waals surface area contributed by atoms with Crippen LogP contribution in [0.3, 0.4) is 0 Å². The van der Waals surface area contributed by atoms with E-state index in [4.69, 9.17) is 13.8 Å². The lowest BCUT2D eigenvalue weighted by Gasteiger charge is -2.33. The molecule has 0 aliphatic heterocycles. The zero-order valence-corrected chi connectivity index (χ0v) is 18.9. The van der Waals surface area contributed by atoms with Gasteiger partial charge in [0.05, 0.1) is 0 Å². The molecule has 1 N–H and O–H groups in total. The van der Waals surface area contributed by atoms with E-state index in [1.165, 1.54) is 0 Å². The van der Waals surface area contributed by atoms with Gasteiger partial charge in [0.1, 0.15) is 23.0 Å². The zero-order valence-electron chi connectivity index (χ0n) is 18.0. The molecule has 32 heavy (non-hydrogen) atoms. The van der Waals surface area contributed by atoms with Crippen LogP contribution in [0.2, 0.25) is 0 Å². The van der Waals surface area contributed by atoms with Crippen molar-refractivity contribution in [1.29, 1.82) is 0 Å². The summed E-state index contributed by atoms with van der Waals surface area (Å²) in [5.41, 5.74) is 2.06. The van der Waals surface area contributed by atoms with Crippen LogP contribution >= 0.6 is 8.38 Å². The van der Waals surface area contributed by atoms with E-state index in [9.17, 15) is 5.11 Å². The van der Waals surface area contributed by atoms with Gasteiger partial charge in [0.15, 0.2) is 5.34 Å². The molecule has 0 radical (unpaired) electrons. The Morgan fingerprint density at radius 1 is 0.562 bits per heavy atom. The van der Waals surface area contributed by atoms with Crippen molar-refractivity contribution in [1.82, 2.24) is 0 Å². The van der Waals surface area contributed by atoms with Crippen molar-refractivity contribution in [2.45, 2.75) is 19.2 Å². The van der Waals surface area contributed by atoms with Crippen molar-refractivity contribution >= 4 is 8.38 Å². The first kappa shape index (κ1) is 21.7. The lowest BCUT2D eigenvalue weighted by molar-refractivity contribution is 0.177. The van der Waals surface area contributed by atoms with E-state index in [0.29, 0.717) is 0 Å². The molecule has 4 aromatic rings. The number of hydrogen-bond acceptors (Lipinski definition) is 4. The van der Waals surface area contributed by atoms with Crippen molar-refractivity contribution in [3.05, 3.63) is 109 Å². The Morgan fingerprint density at radius 3 is 1.47 bits per heavy atom. The molecule has 0 heterocycles. The molecule has 0 fully saturated rings. The van der Waals surface area contributed by atoms with Gasteiger partial charge in [-0.3, -0.25) is 0 Å². The van der Waals surface area contributed by atoms with Gasteiger partial charge in [0.2, 0.25) is 0 Å². The average molecular weight is 444 g/mol. The molecular formula is C27H25O4P. The van der Waals surface area contributed by atoms with E-state index in [1.54, 1.807) is 12.1 Å². The molecule has 0 spiro atoms. The third-order valence-corrected chi connectivity index (χ3v) is 6.45. The Bertz CT molecular complexity index is 1070. The monoisotopic (exact) mass is 444 g/mol. The zero-order chi connectivity index (χ0) is 22.4. The predicted octanol–water partition coefficient (Wildman–Crippen LogP) is 7.64. The van der Waals surface area contributed by atoms with Gasteiger partial charge in [-0.15, -0.1) is 0 Å². The summed E-state index contributed by atoms with van der Waals surface area (Å²) in [5.74, 6) is 2.43. The summed E-state index contributed by atoms with van der Waals surface area (Å²) in [6.45, 7) is 3.94. The molecule has 0 aliphatic carbocycles. The predicted molar refractivity (Wildman–Crippen MR) is 129 cm³/mol. The smallest absolute Gasteiger partial charge is 0.337 e. The number of para-hydroxylation sites is 2. The van der Waals surface area contributed by atoms with Gasteiger partial charge in [0.25, 0.3) is 0 Å². The van der Waals surface area contributed by atoms with Crippen LogP contribution in [-0.2, 0) is 0 Å². The summed E-state index contributed by atoms with van der Waals surface area (Å²) in [6, 6.07) is 34.2. The molecule has 0 saturated carbocycles. The van der Waals surface area contributed by atoms with Crippen molar-refractivity contribution in [3.8, 4) is 34.1 Å². The number of phenolic OH excluding ortho intramolecular Hbond substituents is 1. The van der Waals surface area contributed by atoms with Crippen molar-refractivity contribution < 1.29 is 18.9 Å². The van der Waals surface area contributed by atoms with Gasteiger partial charge in [-0.05, 0) is 73.5 Å². The van der Waals surface area contributed by atoms with Gasteiger partial charge < -0.3 is 18.9 Å². The molecule has 5 heteroatoms. The SMILES string of the molecule is CC(C)(Oc1ccc(-c2ccc(O)cc2)cc1)P(Oc1ccccc1)Oc1ccccc1. The molecule has 0 unspecified atom stereocenters. The maximum Gasteiger partial charge on any atom is 0.337 e. The quantitative estimate of drug-likeness (QED) is 0.284. The van der Waals surface area contributed by atoms with Crippen LogP contribution in [0.25, 0.3) is 11.1 Å². The summed E-state index contributed by atoms with van der Waals surface area (Å²) in [5, 5.41) is 8.76. The minimum atomic E-state index is -1.49. The maximum absolute atomic E-state index is 9.50. The second-order valence-corrected chi connectivity index (χ2v) is 9.64. The number of ether oxygens (including phenoxy) is 1. The molecule has 0 atom stereocenters. The number of rotatable bonds is 8. The first-order valence-electron chi connectivity index (χ1n) is 10.3. The fraction of sp³-hybridized carbons (Fsp3) is 0.111. The highest BCUT2D eigenvalue weighted by molar-refractivity contribution is 7.49. The van der Waals surface area contributed by atoms with Crippen LogP contribution in [0.15, 0.2) is 109 Å². The van der Waals surface area contributed by atoms with Crippen LogP contribution in [0.1, 0.15) is 13.8 Å². The highest BCUT2D eigenvalue weighted by atomic mass is 31.2. The Balaban J connectivity index is 1.53. The van der Waals surface area contributed by atoms with Crippen molar-refractivity contribution in [2.24, 2.45) is 0 Å². The number of aromatic hydroxyl groups is 1. The second kappa shape index (κ2) is 9.76. The van der Waals surface area contributed by atoms with Crippen LogP contribution in [0, 0.1) is 0 Å². The number of hydrogen-bond donors (Lipinski definition) is 1. The van der Waals surface area contributed by atoms with Crippen molar-refractivity contribution in [3.63, 3.8) is 0 Å². The third kappa shape index (κ3) is 5.60. The van der Waals surface area contributed by atoms with E-state index < -0.39 is 13.7 Å². The highest BCUT2D eigenvalue weighted by Gasteiger charge is 2.38. The highest BCUT2D eigenvalue weighted by Crippen LogP contribution is 2.52. The fourth-order valence-corrected chi connectivity index (χ4v) is 4.37. The maximum atomic E-state index is 9.50. The lowest BCUT2D eigenvalue weighted by Crippen LogP contribution is -2.30. The van der Waals surface area contributed by atoms with E-state index in [2.05, 4.69) is 0 Å². The molecule has 0 bridgehead atoms. The molecular weight excluding hydrogens is 419 g/mol. The van der Waals surface area contributed by atoms with Crippen molar-refractivity contribution in [2.75, 3.05) is 0 Å². The molecule has 4 nitrogen and oxygen atoms in total. The van der Waals surface area contributed by atoms with Gasteiger partial charge in [-0.2, -0.15) is 0 Å². The lowest BCUT2D eigenvalue weighted by atomic mass is 10.1. The Labute approximate surface area is 190 Å². The minimum absolute atomic E-state index is 0.251. The summed E-state index contributed by atoms with van der Waals surface area (Å²) in [7, 11) is -1.49. The molecule has 0 aromatic heterocycles. The largest absolute Gasteiger partial charge is 0.508 e. The molecule has 0 aliphatic rings. The van der Waals surface area contributed by atoms with Crippen LogP contribution < -0.4 is 13.8 Å². The van der Waals surface area contributed by atoms with E-state index >= 15 is 0 Å². The molecule has 162 valence electrons. The number of benzene rings is 4. The molecule has 0 saturated heterocycles. The van der Waals surface area contributed by atoms with Gasteiger partial charge in [-0.25, -0.2) is 0 Å². The summed E-state index contributed by atoms with van der Waals surface area (Å²) in [6.07, 6.45) is 0. The minimum Gasteiger partial charge on any atom is -0.508 e. The van der Waals surface area contributed by atoms with Gasteiger partial charge >= 0.3 is 8.38 Å². The summed E-state index contributed by atoms with van der Waals surface area (Å²) >= 11 is 0. The van der Waals surface area contributed by atoms with Crippen LogP contribution in [0.5, 0.6) is 23.0 Å². The first-order valence-corrected chi connectivity index (χ1v) is 11.5. The van der Waals surface area contributed by atoms with E-state index in [0.717, 1.165) is 28.4 Å².